The zero-order valence-electron chi connectivity index (χ0n) is 14.9. The number of nitrogens with zero attached hydrogens (tertiary/aromatic N) is 1. The molecule has 0 radical (unpaired) electrons. The molecule has 2 amide bonds. The number of likely N-dealkylation sites (tertiary alicyclic amines) is 1. The Labute approximate surface area is 159 Å². The van der Waals surface area contributed by atoms with E-state index in [1.165, 1.54) is 0 Å². The van der Waals surface area contributed by atoms with E-state index in [4.69, 9.17) is 11.6 Å². The lowest BCUT2D eigenvalue weighted by atomic mass is 9.97. The van der Waals surface area contributed by atoms with Gasteiger partial charge in [-0.05, 0) is 37.0 Å². The van der Waals surface area contributed by atoms with Crippen LogP contribution in [-0.2, 0) is 22.6 Å². The number of benzene rings is 2. The largest absolute Gasteiger partial charge is 0.350 e. The maximum atomic E-state index is 12.8. The van der Waals surface area contributed by atoms with Gasteiger partial charge in [-0.15, -0.1) is 0 Å². The van der Waals surface area contributed by atoms with Gasteiger partial charge in [-0.1, -0.05) is 60.1 Å². The Morgan fingerprint density at radius 1 is 1.15 bits per heavy atom. The minimum Gasteiger partial charge on any atom is -0.350 e. The van der Waals surface area contributed by atoms with Gasteiger partial charge in [-0.2, -0.15) is 0 Å². The highest BCUT2D eigenvalue weighted by molar-refractivity contribution is 6.31. The van der Waals surface area contributed by atoms with Crippen LogP contribution in [-0.4, -0.2) is 28.8 Å². The monoisotopic (exact) mass is 370 g/mol. The standard InChI is InChI=1S/C21H23ClN2O2/c1-21(20(26)23-15-16-7-3-2-4-8-16)13-11-19(25)24(21)14-12-17-9-5-6-10-18(17)22/h2-10H,11-15H2,1H3,(H,23,26)/t21-/m0/s1. The van der Waals surface area contributed by atoms with Gasteiger partial charge in [0, 0.05) is 24.5 Å². The Balaban J connectivity index is 1.66. The molecule has 26 heavy (non-hydrogen) atoms. The highest BCUT2D eigenvalue weighted by Gasteiger charge is 2.46. The van der Waals surface area contributed by atoms with Crippen LogP contribution < -0.4 is 5.32 Å². The Morgan fingerprint density at radius 3 is 2.58 bits per heavy atom. The van der Waals surface area contributed by atoms with Crippen molar-refractivity contribution in [1.29, 1.82) is 0 Å². The second-order valence-electron chi connectivity index (χ2n) is 6.83. The van der Waals surface area contributed by atoms with Gasteiger partial charge in [-0.25, -0.2) is 0 Å². The zero-order valence-corrected chi connectivity index (χ0v) is 15.6. The SMILES string of the molecule is C[C@@]1(C(=O)NCc2ccccc2)CCC(=O)N1CCc1ccccc1Cl. The summed E-state index contributed by atoms with van der Waals surface area (Å²) >= 11 is 6.21. The van der Waals surface area contributed by atoms with Crippen LogP contribution in [0.4, 0.5) is 0 Å². The van der Waals surface area contributed by atoms with Gasteiger partial charge in [0.2, 0.25) is 11.8 Å². The molecule has 4 nitrogen and oxygen atoms in total. The van der Waals surface area contributed by atoms with Gasteiger partial charge in [0.05, 0.1) is 0 Å². The number of halogens is 1. The number of rotatable bonds is 6. The first-order chi connectivity index (χ1) is 12.5. The minimum atomic E-state index is -0.812. The summed E-state index contributed by atoms with van der Waals surface area (Å²) in [5.74, 6) is -0.0826. The molecule has 2 aromatic rings. The Kier molecular flexibility index (Phi) is 5.62. The van der Waals surface area contributed by atoms with Gasteiger partial charge in [0.1, 0.15) is 5.54 Å². The van der Waals surface area contributed by atoms with Gasteiger partial charge in [0.25, 0.3) is 0 Å². The van der Waals surface area contributed by atoms with Crippen molar-refractivity contribution in [2.24, 2.45) is 0 Å². The number of amides is 2. The molecule has 3 rings (SSSR count). The summed E-state index contributed by atoms with van der Waals surface area (Å²) in [7, 11) is 0. The molecule has 1 fully saturated rings. The maximum Gasteiger partial charge on any atom is 0.245 e. The lowest BCUT2D eigenvalue weighted by molar-refractivity contribution is -0.140. The van der Waals surface area contributed by atoms with Crippen LogP contribution >= 0.6 is 11.6 Å². The smallest absolute Gasteiger partial charge is 0.245 e. The molecule has 136 valence electrons. The van der Waals surface area contributed by atoms with Crippen LogP contribution in [0.25, 0.3) is 0 Å². The first-order valence-corrected chi connectivity index (χ1v) is 9.24. The number of carbonyl (C=O) groups is 2. The van der Waals surface area contributed by atoms with E-state index in [2.05, 4.69) is 5.32 Å². The van der Waals surface area contributed by atoms with Crippen molar-refractivity contribution in [3.05, 3.63) is 70.7 Å². The minimum absolute atomic E-state index is 0.0226. The second-order valence-corrected chi connectivity index (χ2v) is 7.24. The molecule has 1 saturated heterocycles. The highest BCUT2D eigenvalue weighted by atomic mass is 35.5. The van der Waals surface area contributed by atoms with Crippen LogP contribution in [0.1, 0.15) is 30.9 Å². The molecule has 0 spiro atoms. The molecular weight excluding hydrogens is 348 g/mol. The van der Waals surface area contributed by atoms with E-state index in [1.807, 2.05) is 61.5 Å². The quantitative estimate of drug-likeness (QED) is 0.844. The predicted molar refractivity (Wildman–Crippen MR) is 103 cm³/mol. The lowest BCUT2D eigenvalue weighted by Gasteiger charge is -2.34. The normalized spacial score (nSPS) is 19.6. The third-order valence-corrected chi connectivity index (χ3v) is 5.44. The molecule has 1 aliphatic heterocycles. The number of carbonyl (C=O) groups excluding carboxylic acids is 2. The molecule has 0 aromatic heterocycles. The Morgan fingerprint density at radius 2 is 1.85 bits per heavy atom. The Hall–Kier alpha value is -2.33. The van der Waals surface area contributed by atoms with Crippen molar-refractivity contribution in [1.82, 2.24) is 10.2 Å². The van der Waals surface area contributed by atoms with Gasteiger partial charge < -0.3 is 10.2 Å². The molecular formula is C21H23ClN2O2. The van der Waals surface area contributed by atoms with E-state index in [0.717, 1.165) is 11.1 Å². The predicted octanol–water partition coefficient (Wildman–Crippen LogP) is 3.58. The molecule has 0 unspecified atom stereocenters. The number of nitrogens with one attached hydrogen (secondary N) is 1. The lowest BCUT2D eigenvalue weighted by Crippen LogP contribution is -2.54. The molecule has 0 saturated carbocycles. The van der Waals surface area contributed by atoms with E-state index in [1.54, 1.807) is 4.90 Å². The van der Waals surface area contributed by atoms with Gasteiger partial charge in [0.15, 0.2) is 0 Å². The maximum absolute atomic E-state index is 12.8. The van der Waals surface area contributed by atoms with Crippen molar-refractivity contribution in [3.63, 3.8) is 0 Å². The molecule has 0 aliphatic carbocycles. The van der Waals surface area contributed by atoms with E-state index >= 15 is 0 Å². The number of hydrogen-bond donors (Lipinski definition) is 1. The molecule has 1 atom stereocenters. The molecule has 2 aromatic carbocycles. The summed E-state index contributed by atoms with van der Waals surface area (Å²) < 4.78 is 0. The summed E-state index contributed by atoms with van der Waals surface area (Å²) in [4.78, 5) is 26.9. The van der Waals surface area contributed by atoms with Crippen molar-refractivity contribution >= 4 is 23.4 Å². The fraction of sp³-hybridized carbons (Fsp3) is 0.333. The van der Waals surface area contributed by atoms with Gasteiger partial charge >= 0.3 is 0 Å². The van der Waals surface area contributed by atoms with Crippen molar-refractivity contribution in [2.45, 2.75) is 38.3 Å². The van der Waals surface area contributed by atoms with Crippen LogP contribution in [0, 0.1) is 0 Å². The average Bonchev–Trinajstić information content (AvgIpc) is 2.95. The van der Waals surface area contributed by atoms with Crippen LogP contribution in [0.5, 0.6) is 0 Å². The van der Waals surface area contributed by atoms with E-state index in [0.29, 0.717) is 37.4 Å². The second kappa shape index (κ2) is 7.92. The summed E-state index contributed by atoms with van der Waals surface area (Å²) in [6.45, 7) is 2.80. The summed E-state index contributed by atoms with van der Waals surface area (Å²) in [5, 5.41) is 3.67. The van der Waals surface area contributed by atoms with E-state index in [-0.39, 0.29) is 11.8 Å². The fourth-order valence-electron chi connectivity index (χ4n) is 3.41. The number of hydrogen-bond acceptors (Lipinski definition) is 2. The van der Waals surface area contributed by atoms with Crippen molar-refractivity contribution in [3.8, 4) is 0 Å². The molecule has 1 N–H and O–H groups in total. The molecule has 1 heterocycles. The van der Waals surface area contributed by atoms with E-state index in [9.17, 15) is 9.59 Å². The summed E-state index contributed by atoms with van der Waals surface area (Å²) in [6.07, 6.45) is 1.57. The summed E-state index contributed by atoms with van der Waals surface area (Å²) in [5.41, 5.74) is 1.21. The van der Waals surface area contributed by atoms with Gasteiger partial charge in [-0.3, -0.25) is 9.59 Å². The van der Waals surface area contributed by atoms with Crippen LogP contribution in [0.2, 0.25) is 5.02 Å². The van der Waals surface area contributed by atoms with Crippen LogP contribution in [0.15, 0.2) is 54.6 Å². The van der Waals surface area contributed by atoms with Crippen molar-refractivity contribution < 1.29 is 9.59 Å². The topological polar surface area (TPSA) is 49.4 Å². The molecule has 0 bridgehead atoms. The van der Waals surface area contributed by atoms with E-state index < -0.39 is 5.54 Å². The first kappa shape index (κ1) is 18.5. The summed E-state index contributed by atoms with van der Waals surface area (Å²) in [6, 6.07) is 17.4. The van der Waals surface area contributed by atoms with Crippen LogP contribution in [0.3, 0.4) is 0 Å². The fourth-order valence-corrected chi connectivity index (χ4v) is 3.64. The highest BCUT2D eigenvalue weighted by Crippen LogP contribution is 2.31. The third-order valence-electron chi connectivity index (χ3n) is 5.07. The molecule has 5 heteroatoms. The Bertz CT molecular complexity index is 794. The first-order valence-electron chi connectivity index (χ1n) is 8.87. The third kappa shape index (κ3) is 3.91. The average molecular weight is 371 g/mol. The molecule has 1 aliphatic rings. The van der Waals surface area contributed by atoms with Crippen molar-refractivity contribution in [2.75, 3.05) is 6.54 Å². The zero-order chi connectivity index (χ0) is 18.6.